The summed E-state index contributed by atoms with van der Waals surface area (Å²) in [5, 5.41) is 5.59. The minimum atomic E-state index is -0.149. The summed E-state index contributed by atoms with van der Waals surface area (Å²) in [5.41, 5.74) is 6.39. The van der Waals surface area contributed by atoms with Gasteiger partial charge in [0.05, 0.1) is 11.7 Å². The van der Waals surface area contributed by atoms with E-state index in [0.717, 1.165) is 5.69 Å². The van der Waals surface area contributed by atoms with Crippen molar-refractivity contribution in [2.24, 2.45) is 5.73 Å². The minimum absolute atomic E-state index is 0.149. The van der Waals surface area contributed by atoms with Gasteiger partial charge in [-0.25, -0.2) is 0 Å². The average Bonchev–Trinajstić information content (AvgIpc) is 2.38. The molecule has 2 N–H and O–H groups in total. The molecule has 1 unspecified atom stereocenters. The lowest BCUT2D eigenvalue weighted by molar-refractivity contribution is 0.720. The van der Waals surface area contributed by atoms with Crippen molar-refractivity contribution < 1.29 is 0 Å². The SMILES string of the molecule is C#CCC(N)c1csnn1. The molecule has 1 aromatic rings. The second kappa shape index (κ2) is 3.30. The molecule has 0 aliphatic rings. The highest BCUT2D eigenvalue weighted by Crippen LogP contribution is 2.10. The van der Waals surface area contributed by atoms with E-state index in [2.05, 4.69) is 15.5 Å². The van der Waals surface area contributed by atoms with Gasteiger partial charge in [0.1, 0.15) is 0 Å². The lowest BCUT2D eigenvalue weighted by Gasteiger charge is -2.00. The van der Waals surface area contributed by atoms with E-state index in [4.69, 9.17) is 12.2 Å². The van der Waals surface area contributed by atoms with Crippen molar-refractivity contribution in [3.05, 3.63) is 11.1 Å². The molecule has 0 aliphatic heterocycles. The third-order valence-corrected chi connectivity index (χ3v) is 1.62. The highest BCUT2D eigenvalue weighted by Gasteiger charge is 2.05. The quantitative estimate of drug-likeness (QED) is 0.632. The Balaban J connectivity index is 2.61. The summed E-state index contributed by atoms with van der Waals surface area (Å²) in [6.07, 6.45) is 5.58. The van der Waals surface area contributed by atoms with Gasteiger partial charge in [0.2, 0.25) is 0 Å². The van der Waals surface area contributed by atoms with Gasteiger partial charge in [-0.1, -0.05) is 4.49 Å². The van der Waals surface area contributed by atoms with Gasteiger partial charge in [-0.15, -0.1) is 17.4 Å². The first kappa shape index (κ1) is 7.19. The van der Waals surface area contributed by atoms with Gasteiger partial charge >= 0.3 is 0 Å². The molecule has 3 nitrogen and oxygen atoms in total. The summed E-state index contributed by atoms with van der Waals surface area (Å²) in [4.78, 5) is 0. The highest BCUT2D eigenvalue weighted by atomic mass is 32.1. The highest BCUT2D eigenvalue weighted by molar-refractivity contribution is 7.03. The zero-order valence-electron chi connectivity index (χ0n) is 5.32. The Morgan fingerprint density at radius 2 is 2.70 bits per heavy atom. The summed E-state index contributed by atoms with van der Waals surface area (Å²) in [5.74, 6) is 2.47. The van der Waals surface area contributed by atoms with Gasteiger partial charge in [-0.3, -0.25) is 0 Å². The van der Waals surface area contributed by atoms with E-state index in [1.54, 1.807) is 0 Å². The van der Waals surface area contributed by atoms with Crippen molar-refractivity contribution in [3.8, 4) is 12.3 Å². The van der Waals surface area contributed by atoms with Crippen LogP contribution in [0, 0.1) is 12.3 Å². The molecule has 10 heavy (non-hydrogen) atoms. The average molecular weight is 153 g/mol. The Kier molecular flexibility index (Phi) is 2.37. The molecule has 0 aromatic carbocycles. The van der Waals surface area contributed by atoms with E-state index >= 15 is 0 Å². The van der Waals surface area contributed by atoms with Crippen molar-refractivity contribution in [2.75, 3.05) is 0 Å². The lowest BCUT2D eigenvalue weighted by Crippen LogP contribution is -2.09. The third kappa shape index (κ3) is 1.53. The van der Waals surface area contributed by atoms with Crippen LogP contribution in [-0.4, -0.2) is 9.59 Å². The molecule has 52 valence electrons. The van der Waals surface area contributed by atoms with Gasteiger partial charge in [0.15, 0.2) is 0 Å². The largest absolute Gasteiger partial charge is 0.322 e. The van der Waals surface area contributed by atoms with Crippen LogP contribution >= 0.6 is 11.5 Å². The Hall–Kier alpha value is -0.920. The lowest BCUT2D eigenvalue weighted by atomic mass is 10.2. The first-order chi connectivity index (χ1) is 4.84. The summed E-state index contributed by atoms with van der Waals surface area (Å²) in [6.45, 7) is 0. The van der Waals surface area contributed by atoms with Crippen LogP contribution in [0.25, 0.3) is 0 Å². The molecule has 0 spiro atoms. The molecular formula is C6H7N3S. The first-order valence-electron chi connectivity index (χ1n) is 2.80. The molecule has 0 amide bonds. The van der Waals surface area contributed by atoms with Crippen molar-refractivity contribution in [1.82, 2.24) is 9.59 Å². The zero-order valence-corrected chi connectivity index (χ0v) is 6.14. The molecule has 0 saturated carbocycles. The maximum absolute atomic E-state index is 5.61. The van der Waals surface area contributed by atoms with Gasteiger partial charge in [0, 0.05) is 11.8 Å². The molecule has 4 heteroatoms. The topological polar surface area (TPSA) is 51.8 Å². The Bertz CT molecular complexity index is 224. The maximum atomic E-state index is 5.61. The van der Waals surface area contributed by atoms with Crippen LogP contribution in [0.15, 0.2) is 5.38 Å². The molecule has 0 fully saturated rings. The Labute approximate surface area is 63.4 Å². The van der Waals surface area contributed by atoms with E-state index in [1.807, 2.05) is 5.38 Å². The second-order valence-electron chi connectivity index (χ2n) is 1.84. The molecular weight excluding hydrogens is 146 g/mol. The fraction of sp³-hybridized carbons (Fsp3) is 0.333. The van der Waals surface area contributed by atoms with Crippen LogP contribution in [0.1, 0.15) is 18.2 Å². The van der Waals surface area contributed by atoms with Gasteiger partial charge < -0.3 is 5.73 Å². The maximum Gasteiger partial charge on any atom is 0.0932 e. The van der Waals surface area contributed by atoms with E-state index in [9.17, 15) is 0 Å². The van der Waals surface area contributed by atoms with Crippen molar-refractivity contribution in [2.45, 2.75) is 12.5 Å². The fourth-order valence-electron chi connectivity index (χ4n) is 0.565. The van der Waals surface area contributed by atoms with Crippen LogP contribution in [0.5, 0.6) is 0 Å². The Morgan fingerprint density at radius 1 is 1.90 bits per heavy atom. The van der Waals surface area contributed by atoms with Crippen LogP contribution < -0.4 is 5.73 Å². The standard InChI is InChI=1S/C6H7N3S/c1-2-3-5(7)6-4-10-9-8-6/h1,4-5H,3,7H2. The monoisotopic (exact) mass is 153 g/mol. The summed E-state index contributed by atoms with van der Waals surface area (Å²) >= 11 is 1.28. The van der Waals surface area contributed by atoms with Gasteiger partial charge in [-0.2, -0.15) is 0 Å². The number of aromatic nitrogens is 2. The van der Waals surface area contributed by atoms with Gasteiger partial charge in [0.25, 0.3) is 0 Å². The van der Waals surface area contributed by atoms with Gasteiger partial charge in [-0.05, 0) is 11.5 Å². The van der Waals surface area contributed by atoms with Crippen LogP contribution in [-0.2, 0) is 0 Å². The first-order valence-corrected chi connectivity index (χ1v) is 3.64. The normalized spacial score (nSPS) is 12.4. The predicted octanol–water partition coefficient (Wildman–Crippen LogP) is 0.561. The summed E-state index contributed by atoms with van der Waals surface area (Å²) in [6, 6.07) is -0.149. The molecule has 0 radical (unpaired) electrons. The van der Waals surface area contributed by atoms with Crippen LogP contribution in [0.4, 0.5) is 0 Å². The van der Waals surface area contributed by atoms with Crippen LogP contribution in [0.2, 0.25) is 0 Å². The van der Waals surface area contributed by atoms with Crippen LogP contribution in [0.3, 0.4) is 0 Å². The summed E-state index contributed by atoms with van der Waals surface area (Å²) in [7, 11) is 0. The number of hydrogen-bond acceptors (Lipinski definition) is 4. The van der Waals surface area contributed by atoms with E-state index < -0.39 is 0 Å². The van der Waals surface area contributed by atoms with Crippen molar-refractivity contribution in [3.63, 3.8) is 0 Å². The molecule has 0 aliphatic carbocycles. The number of terminal acetylenes is 1. The molecule has 1 aromatic heterocycles. The molecule has 1 rings (SSSR count). The number of nitrogens with two attached hydrogens (primary N) is 1. The van der Waals surface area contributed by atoms with Crippen molar-refractivity contribution in [1.29, 1.82) is 0 Å². The minimum Gasteiger partial charge on any atom is -0.322 e. The fourth-order valence-corrected chi connectivity index (χ4v) is 1.08. The molecule has 0 bridgehead atoms. The second-order valence-corrected chi connectivity index (χ2v) is 2.45. The van der Waals surface area contributed by atoms with E-state index in [-0.39, 0.29) is 6.04 Å². The summed E-state index contributed by atoms with van der Waals surface area (Å²) < 4.78 is 3.67. The Morgan fingerprint density at radius 3 is 3.20 bits per heavy atom. The van der Waals surface area contributed by atoms with E-state index in [1.165, 1.54) is 11.5 Å². The number of hydrogen-bond donors (Lipinski definition) is 1. The third-order valence-electron chi connectivity index (χ3n) is 1.09. The van der Waals surface area contributed by atoms with E-state index in [0.29, 0.717) is 6.42 Å². The predicted molar refractivity (Wildman–Crippen MR) is 40.3 cm³/mol. The number of nitrogens with zero attached hydrogens (tertiary/aromatic N) is 2. The molecule has 1 atom stereocenters. The molecule has 1 heterocycles. The molecule has 0 saturated heterocycles. The zero-order chi connectivity index (χ0) is 7.40. The number of rotatable bonds is 2. The van der Waals surface area contributed by atoms with Crippen molar-refractivity contribution >= 4 is 11.5 Å². The smallest absolute Gasteiger partial charge is 0.0932 e.